The van der Waals surface area contributed by atoms with Crippen LogP contribution in [0.25, 0.3) is 0 Å². The lowest BCUT2D eigenvalue weighted by molar-refractivity contribution is 0.0707. The van der Waals surface area contributed by atoms with Crippen molar-refractivity contribution in [2.75, 3.05) is 13.1 Å². The monoisotopic (exact) mass is 354 g/mol. The van der Waals surface area contributed by atoms with Crippen LogP contribution in [0.5, 0.6) is 0 Å². The Hall–Kier alpha value is -2.64. The molecule has 2 rings (SSSR count). The van der Waals surface area contributed by atoms with E-state index in [4.69, 9.17) is 16.9 Å². The molecule has 0 N–H and O–H groups in total. The summed E-state index contributed by atoms with van der Waals surface area (Å²) < 4.78 is 0. The maximum atomic E-state index is 12.7. The van der Waals surface area contributed by atoms with Gasteiger partial charge in [0, 0.05) is 22.7 Å². The molecule has 0 unspecified atom stereocenters. The molecule has 4 nitrogen and oxygen atoms in total. The van der Waals surface area contributed by atoms with Gasteiger partial charge in [0.15, 0.2) is 5.78 Å². The maximum absolute atomic E-state index is 12.7. The summed E-state index contributed by atoms with van der Waals surface area (Å²) in [4.78, 5) is 26.8. The van der Waals surface area contributed by atoms with Crippen molar-refractivity contribution in [2.24, 2.45) is 0 Å². The lowest BCUT2D eigenvalue weighted by Gasteiger charge is -2.22. The van der Waals surface area contributed by atoms with Crippen LogP contribution in [0, 0.1) is 11.3 Å². The second kappa shape index (κ2) is 9.00. The Balaban J connectivity index is 2.16. The maximum Gasteiger partial charge on any atom is 0.254 e. The molecule has 0 bridgehead atoms. The minimum Gasteiger partial charge on any atom is -0.331 e. The zero-order chi connectivity index (χ0) is 18.2. The molecule has 0 saturated heterocycles. The zero-order valence-electron chi connectivity index (χ0n) is 14.0. The lowest BCUT2D eigenvalue weighted by Crippen LogP contribution is -2.36. The number of rotatable bonds is 7. The van der Waals surface area contributed by atoms with Crippen molar-refractivity contribution in [3.05, 3.63) is 70.2 Å². The van der Waals surface area contributed by atoms with Crippen LogP contribution in [-0.4, -0.2) is 29.7 Å². The molecule has 0 spiro atoms. The number of ketones is 1. The molecule has 0 aliphatic rings. The van der Waals surface area contributed by atoms with Crippen molar-refractivity contribution >= 4 is 23.3 Å². The molecule has 5 heteroatoms. The molecule has 0 saturated carbocycles. The number of carbonyl (C=O) groups excluding carboxylic acids is 2. The van der Waals surface area contributed by atoms with Gasteiger partial charge in [0.05, 0.1) is 18.2 Å². The van der Waals surface area contributed by atoms with Crippen LogP contribution < -0.4 is 0 Å². The number of halogens is 1. The Bertz CT molecular complexity index is 777. The highest BCUT2D eigenvalue weighted by molar-refractivity contribution is 6.30. The lowest BCUT2D eigenvalue weighted by atomic mass is 10.1. The van der Waals surface area contributed by atoms with Crippen molar-refractivity contribution in [3.63, 3.8) is 0 Å². The summed E-state index contributed by atoms with van der Waals surface area (Å²) in [6.07, 6.45) is 1.74. The predicted molar refractivity (Wildman–Crippen MR) is 97.8 cm³/mol. The number of amides is 1. The summed E-state index contributed by atoms with van der Waals surface area (Å²) in [6.45, 7) is 2.56. The van der Waals surface area contributed by atoms with Crippen molar-refractivity contribution in [1.82, 2.24) is 4.90 Å². The smallest absolute Gasteiger partial charge is 0.254 e. The van der Waals surface area contributed by atoms with Crippen molar-refractivity contribution in [1.29, 1.82) is 5.26 Å². The molecular weight excluding hydrogens is 336 g/mol. The van der Waals surface area contributed by atoms with Gasteiger partial charge in [-0.2, -0.15) is 5.26 Å². The van der Waals surface area contributed by atoms with Crippen LogP contribution in [0.2, 0.25) is 5.02 Å². The van der Waals surface area contributed by atoms with Crippen LogP contribution in [0.1, 0.15) is 46.0 Å². The second-order valence-corrected chi connectivity index (χ2v) is 6.14. The summed E-state index contributed by atoms with van der Waals surface area (Å²) in [5.41, 5.74) is 1.49. The quantitative estimate of drug-likeness (QED) is 0.695. The minimum atomic E-state index is -0.208. The van der Waals surface area contributed by atoms with Gasteiger partial charge in [-0.3, -0.25) is 9.59 Å². The molecule has 2 aromatic rings. The van der Waals surface area contributed by atoms with Crippen LogP contribution in [0.4, 0.5) is 0 Å². The van der Waals surface area contributed by atoms with E-state index in [-0.39, 0.29) is 18.2 Å². The first-order valence-electron chi connectivity index (χ1n) is 8.13. The standard InChI is InChI=1S/C20H19ClN2O2/c1-2-3-12-23(14-19(24)16-8-10-18(21)11-9-16)20(25)17-6-4-15(13-22)5-7-17/h4-11H,2-3,12,14H2,1H3. The molecule has 0 atom stereocenters. The summed E-state index contributed by atoms with van der Waals surface area (Å²) in [5.74, 6) is -0.338. The fraction of sp³-hybridized carbons (Fsp3) is 0.250. The molecule has 0 fully saturated rings. The third-order valence-corrected chi connectivity index (χ3v) is 4.08. The average Bonchev–Trinajstić information content (AvgIpc) is 2.65. The van der Waals surface area contributed by atoms with Crippen LogP contribution in [0.3, 0.4) is 0 Å². The Morgan fingerprint density at radius 1 is 1.04 bits per heavy atom. The van der Waals surface area contributed by atoms with E-state index in [2.05, 4.69) is 0 Å². The van der Waals surface area contributed by atoms with E-state index >= 15 is 0 Å². The van der Waals surface area contributed by atoms with Crippen LogP contribution >= 0.6 is 11.6 Å². The average molecular weight is 355 g/mol. The molecular formula is C20H19ClN2O2. The number of nitriles is 1. The topological polar surface area (TPSA) is 61.2 Å². The van der Waals surface area contributed by atoms with E-state index in [0.717, 1.165) is 12.8 Å². The second-order valence-electron chi connectivity index (χ2n) is 5.70. The normalized spacial score (nSPS) is 10.1. The molecule has 0 aliphatic carbocycles. The van der Waals surface area contributed by atoms with Gasteiger partial charge in [0.25, 0.3) is 5.91 Å². The molecule has 25 heavy (non-hydrogen) atoms. The van der Waals surface area contributed by atoms with Gasteiger partial charge in [0.1, 0.15) is 0 Å². The third kappa shape index (κ3) is 5.17. The van der Waals surface area contributed by atoms with Gasteiger partial charge in [-0.1, -0.05) is 24.9 Å². The number of unbranched alkanes of at least 4 members (excludes halogenated alkanes) is 1. The first-order valence-corrected chi connectivity index (χ1v) is 8.51. The first kappa shape index (κ1) is 18.7. The van der Waals surface area contributed by atoms with Crippen LogP contribution in [-0.2, 0) is 0 Å². The largest absolute Gasteiger partial charge is 0.331 e. The van der Waals surface area contributed by atoms with Gasteiger partial charge < -0.3 is 4.90 Å². The molecule has 128 valence electrons. The molecule has 2 aromatic carbocycles. The fourth-order valence-electron chi connectivity index (χ4n) is 2.37. The predicted octanol–water partition coefficient (Wildman–Crippen LogP) is 4.34. The van der Waals surface area contributed by atoms with E-state index in [9.17, 15) is 9.59 Å². The first-order chi connectivity index (χ1) is 12.0. The van der Waals surface area contributed by atoms with Gasteiger partial charge in [-0.25, -0.2) is 0 Å². The molecule has 0 aliphatic heterocycles. The number of Topliss-reactive ketones (excluding diaryl/α,β-unsaturated/α-hetero) is 1. The minimum absolute atomic E-state index is 0.0144. The number of hydrogen-bond acceptors (Lipinski definition) is 3. The molecule has 0 radical (unpaired) electrons. The van der Waals surface area contributed by atoms with E-state index in [1.807, 2.05) is 13.0 Å². The Morgan fingerprint density at radius 2 is 1.64 bits per heavy atom. The van der Waals surface area contributed by atoms with Gasteiger partial charge >= 0.3 is 0 Å². The van der Waals surface area contributed by atoms with E-state index in [0.29, 0.717) is 28.3 Å². The van der Waals surface area contributed by atoms with Crippen molar-refractivity contribution in [2.45, 2.75) is 19.8 Å². The highest BCUT2D eigenvalue weighted by atomic mass is 35.5. The molecule has 0 aromatic heterocycles. The fourth-order valence-corrected chi connectivity index (χ4v) is 2.50. The number of carbonyl (C=O) groups is 2. The van der Waals surface area contributed by atoms with Crippen LogP contribution in [0.15, 0.2) is 48.5 Å². The summed E-state index contributed by atoms with van der Waals surface area (Å²) in [6, 6.07) is 15.1. The number of benzene rings is 2. The van der Waals surface area contributed by atoms with E-state index in [1.165, 1.54) is 0 Å². The molecule has 1 amide bonds. The van der Waals surface area contributed by atoms with Gasteiger partial charge in [-0.15, -0.1) is 0 Å². The number of hydrogen-bond donors (Lipinski definition) is 0. The number of nitrogens with zero attached hydrogens (tertiary/aromatic N) is 2. The Morgan fingerprint density at radius 3 is 2.20 bits per heavy atom. The zero-order valence-corrected chi connectivity index (χ0v) is 14.8. The van der Waals surface area contributed by atoms with Gasteiger partial charge in [0.2, 0.25) is 0 Å². The highest BCUT2D eigenvalue weighted by Crippen LogP contribution is 2.13. The summed E-state index contributed by atoms with van der Waals surface area (Å²) >= 11 is 5.85. The Labute approximate surface area is 152 Å². The highest BCUT2D eigenvalue weighted by Gasteiger charge is 2.19. The van der Waals surface area contributed by atoms with Gasteiger partial charge in [-0.05, 0) is 55.0 Å². The van der Waals surface area contributed by atoms with Crippen molar-refractivity contribution < 1.29 is 9.59 Å². The van der Waals surface area contributed by atoms with E-state index in [1.54, 1.807) is 53.4 Å². The SMILES string of the molecule is CCCCN(CC(=O)c1ccc(Cl)cc1)C(=O)c1ccc(C#N)cc1. The van der Waals surface area contributed by atoms with E-state index < -0.39 is 0 Å². The summed E-state index contributed by atoms with van der Waals surface area (Å²) in [7, 11) is 0. The third-order valence-electron chi connectivity index (χ3n) is 3.83. The van der Waals surface area contributed by atoms with Crippen molar-refractivity contribution in [3.8, 4) is 6.07 Å². The molecule has 0 heterocycles. The Kier molecular flexibility index (Phi) is 6.73. The summed E-state index contributed by atoms with van der Waals surface area (Å²) in [5, 5.41) is 9.42.